The quantitative estimate of drug-likeness (QED) is 0.500. The molecule has 1 N–H and O–H groups in total. The number of benzene rings is 2. The van der Waals surface area contributed by atoms with Crippen LogP contribution in [0.15, 0.2) is 71.3 Å². The molecule has 4 aromatic rings. The summed E-state index contributed by atoms with van der Waals surface area (Å²) in [5.74, 6) is 1.04. The first kappa shape index (κ1) is 14.8. The molecular weight excluding hydrogens is 296 g/mol. The van der Waals surface area contributed by atoms with Crippen LogP contribution in [-0.2, 0) is 6.42 Å². The van der Waals surface area contributed by atoms with E-state index in [1.165, 1.54) is 16.5 Å². The van der Waals surface area contributed by atoms with Gasteiger partial charge in [0, 0.05) is 23.2 Å². The highest BCUT2D eigenvalue weighted by molar-refractivity contribution is 6.07. The van der Waals surface area contributed by atoms with Crippen LogP contribution in [0.3, 0.4) is 0 Å². The maximum absolute atomic E-state index is 5.44. The predicted octanol–water partition coefficient (Wildman–Crippen LogP) is 5.41. The lowest BCUT2D eigenvalue weighted by Crippen LogP contribution is -2.16. The van der Waals surface area contributed by atoms with Crippen molar-refractivity contribution >= 4 is 27.5 Å². The normalized spacial score (nSPS) is 12.5. The van der Waals surface area contributed by atoms with Gasteiger partial charge in [-0.3, -0.25) is 0 Å². The number of pyridine rings is 1. The molecule has 0 fully saturated rings. The molecule has 3 heteroatoms. The molecule has 0 bridgehead atoms. The molecule has 0 saturated carbocycles. The van der Waals surface area contributed by atoms with Crippen molar-refractivity contribution in [3.8, 4) is 0 Å². The third kappa shape index (κ3) is 2.85. The smallest absolute Gasteiger partial charge is 0.103 e. The first-order valence-corrected chi connectivity index (χ1v) is 8.37. The molecule has 0 spiro atoms. The molecule has 0 unspecified atom stereocenters. The van der Waals surface area contributed by atoms with Crippen LogP contribution in [-0.4, -0.2) is 11.0 Å². The fourth-order valence-corrected chi connectivity index (χ4v) is 3.13. The van der Waals surface area contributed by atoms with E-state index in [-0.39, 0.29) is 0 Å². The highest BCUT2D eigenvalue weighted by Crippen LogP contribution is 2.31. The minimum atomic E-state index is 0.337. The van der Waals surface area contributed by atoms with Gasteiger partial charge in [-0.25, -0.2) is 4.98 Å². The van der Waals surface area contributed by atoms with Crippen LogP contribution in [0.25, 0.3) is 21.8 Å². The lowest BCUT2D eigenvalue weighted by molar-refractivity contribution is 0.495. The van der Waals surface area contributed by atoms with Gasteiger partial charge >= 0.3 is 0 Å². The van der Waals surface area contributed by atoms with Gasteiger partial charge in [-0.1, -0.05) is 36.4 Å². The number of aromatic nitrogens is 1. The summed E-state index contributed by atoms with van der Waals surface area (Å²) < 4.78 is 5.44. The monoisotopic (exact) mass is 316 g/mol. The van der Waals surface area contributed by atoms with Crippen LogP contribution < -0.4 is 5.32 Å². The minimum Gasteiger partial charge on any atom is -0.469 e. The van der Waals surface area contributed by atoms with Gasteiger partial charge in [0.1, 0.15) is 5.76 Å². The van der Waals surface area contributed by atoms with E-state index >= 15 is 0 Å². The molecule has 0 aliphatic rings. The number of para-hydroxylation sites is 2. The van der Waals surface area contributed by atoms with E-state index < -0.39 is 0 Å². The number of hydrogen-bond acceptors (Lipinski definition) is 3. The zero-order valence-electron chi connectivity index (χ0n) is 13.7. The van der Waals surface area contributed by atoms with Gasteiger partial charge in [0.15, 0.2) is 0 Å². The Morgan fingerprint density at radius 1 is 0.917 bits per heavy atom. The van der Waals surface area contributed by atoms with Gasteiger partial charge in [-0.2, -0.15) is 0 Å². The highest BCUT2D eigenvalue weighted by atomic mass is 16.3. The summed E-state index contributed by atoms with van der Waals surface area (Å²) in [4.78, 5) is 4.78. The van der Waals surface area contributed by atoms with Crippen molar-refractivity contribution < 1.29 is 4.42 Å². The van der Waals surface area contributed by atoms with E-state index in [2.05, 4.69) is 48.6 Å². The Kier molecular flexibility index (Phi) is 3.91. The van der Waals surface area contributed by atoms with E-state index in [0.29, 0.717) is 6.04 Å². The first-order valence-electron chi connectivity index (χ1n) is 8.37. The van der Waals surface area contributed by atoms with Crippen LogP contribution in [0.2, 0.25) is 0 Å². The van der Waals surface area contributed by atoms with E-state index in [1.807, 2.05) is 24.3 Å². The molecule has 2 aromatic carbocycles. The van der Waals surface area contributed by atoms with E-state index in [4.69, 9.17) is 9.40 Å². The van der Waals surface area contributed by atoms with Crippen LogP contribution >= 0.6 is 0 Å². The summed E-state index contributed by atoms with van der Waals surface area (Å²) in [5.41, 5.74) is 3.22. The van der Waals surface area contributed by atoms with Gasteiger partial charge in [0.2, 0.25) is 0 Å². The zero-order valence-corrected chi connectivity index (χ0v) is 13.7. The molecule has 1 atom stereocenters. The Balaban J connectivity index is 1.68. The number of anilines is 1. The van der Waals surface area contributed by atoms with Gasteiger partial charge < -0.3 is 9.73 Å². The Hall–Kier alpha value is -2.81. The summed E-state index contributed by atoms with van der Waals surface area (Å²) in [5, 5.41) is 6.04. The van der Waals surface area contributed by atoms with Gasteiger partial charge in [0.25, 0.3) is 0 Å². The van der Waals surface area contributed by atoms with Crippen molar-refractivity contribution in [2.45, 2.75) is 25.8 Å². The molecule has 0 amide bonds. The second-order valence-electron chi connectivity index (χ2n) is 6.18. The first-order chi connectivity index (χ1) is 11.8. The Morgan fingerprint density at radius 2 is 1.58 bits per heavy atom. The fraction of sp³-hybridized carbons (Fsp3) is 0.190. The molecule has 3 nitrogen and oxygen atoms in total. The number of rotatable bonds is 5. The number of fused-ring (bicyclic) bond motifs is 2. The second-order valence-corrected chi connectivity index (χ2v) is 6.18. The second kappa shape index (κ2) is 6.36. The highest BCUT2D eigenvalue weighted by Gasteiger charge is 2.11. The van der Waals surface area contributed by atoms with Crippen molar-refractivity contribution in [2.24, 2.45) is 0 Å². The Bertz CT molecular complexity index is 906. The number of hydrogen-bond donors (Lipinski definition) is 1. The zero-order chi connectivity index (χ0) is 16.4. The molecule has 0 saturated heterocycles. The SMILES string of the molecule is C[C@H](CCc1ccco1)Nc1c2ccccc2nc2ccccc12. The number of nitrogens with one attached hydrogen (secondary N) is 1. The lowest BCUT2D eigenvalue weighted by atomic mass is 10.1. The maximum Gasteiger partial charge on any atom is 0.103 e. The van der Waals surface area contributed by atoms with E-state index in [9.17, 15) is 0 Å². The fourth-order valence-electron chi connectivity index (χ4n) is 3.13. The summed E-state index contributed by atoms with van der Waals surface area (Å²) in [6, 6.07) is 20.9. The topological polar surface area (TPSA) is 38.1 Å². The number of furan rings is 1. The van der Waals surface area contributed by atoms with Crippen LogP contribution in [0.4, 0.5) is 5.69 Å². The van der Waals surface area contributed by atoms with E-state index in [1.54, 1.807) is 6.26 Å². The standard InChI is InChI=1S/C21H20N2O/c1-15(12-13-16-7-6-14-24-16)22-21-17-8-2-4-10-19(17)23-20-11-5-3-9-18(20)21/h2-11,14-15H,12-13H2,1H3,(H,22,23)/t15-/m1/s1. The van der Waals surface area contributed by atoms with Gasteiger partial charge in [-0.15, -0.1) is 0 Å². The average Bonchev–Trinajstić information content (AvgIpc) is 3.13. The predicted molar refractivity (Wildman–Crippen MR) is 99.4 cm³/mol. The van der Waals surface area contributed by atoms with Crippen molar-refractivity contribution in [3.05, 3.63) is 72.7 Å². The van der Waals surface area contributed by atoms with Crippen molar-refractivity contribution in [3.63, 3.8) is 0 Å². The molecule has 0 aliphatic carbocycles. The lowest BCUT2D eigenvalue weighted by Gasteiger charge is -2.18. The molecule has 120 valence electrons. The largest absolute Gasteiger partial charge is 0.469 e. The van der Waals surface area contributed by atoms with Gasteiger partial charge in [0.05, 0.1) is 23.0 Å². The molecule has 4 rings (SSSR count). The van der Waals surface area contributed by atoms with Crippen molar-refractivity contribution in [1.29, 1.82) is 0 Å². The summed E-state index contributed by atoms with van der Waals surface area (Å²) in [7, 11) is 0. The number of nitrogens with zero attached hydrogens (tertiary/aromatic N) is 1. The Labute approximate surface area is 141 Å². The van der Waals surface area contributed by atoms with E-state index in [0.717, 1.165) is 29.6 Å². The van der Waals surface area contributed by atoms with Crippen LogP contribution in [0, 0.1) is 0 Å². The molecule has 2 heterocycles. The number of aryl methyl sites for hydroxylation is 1. The van der Waals surface area contributed by atoms with Crippen molar-refractivity contribution in [1.82, 2.24) is 4.98 Å². The molecule has 0 aliphatic heterocycles. The third-order valence-electron chi connectivity index (χ3n) is 4.38. The minimum absolute atomic E-state index is 0.337. The summed E-state index contributed by atoms with van der Waals surface area (Å²) >= 11 is 0. The third-order valence-corrected chi connectivity index (χ3v) is 4.38. The molecule has 2 aromatic heterocycles. The van der Waals surface area contributed by atoms with Crippen molar-refractivity contribution in [2.75, 3.05) is 5.32 Å². The van der Waals surface area contributed by atoms with Crippen LogP contribution in [0.1, 0.15) is 19.1 Å². The maximum atomic E-state index is 5.44. The summed E-state index contributed by atoms with van der Waals surface area (Å²) in [6.45, 7) is 2.22. The molecule has 0 radical (unpaired) electrons. The summed E-state index contributed by atoms with van der Waals surface area (Å²) in [6.07, 6.45) is 3.68. The van der Waals surface area contributed by atoms with Gasteiger partial charge in [-0.05, 0) is 37.6 Å². The molecule has 24 heavy (non-hydrogen) atoms. The van der Waals surface area contributed by atoms with Crippen LogP contribution in [0.5, 0.6) is 0 Å². The Morgan fingerprint density at radius 3 is 2.21 bits per heavy atom. The average molecular weight is 316 g/mol. The molecular formula is C21H20N2O.